The highest BCUT2D eigenvalue weighted by molar-refractivity contribution is 6.29. The van der Waals surface area contributed by atoms with Crippen LogP contribution in [0.15, 0.2) is 195 Å². The van der Waals surface area contributed by atoms with E-state index < -0.39 is 0 Å². The fourth-order valence-electron chi connectivity index (χ4n) is 8.08. The summed E-state index contributed by atoms with van der Waals surface area (Å²) in [5.74, 6) is 2.86. The molecule has 1 aliphatic carbocycles. The minimum absolute atomic E-state index is 0.152. The van der Waals surface area contributed by atoms with Crippen molar-refractivity contribution >= 4 is 45.7 Å². The molecule has 0 spiro atoms. The van der Waals surface area contributed by atoms with E-state index in [9.17, 15) is 9.59 Å². The van der Waals surface area contributed by atoms with Gasteiger partial charge in [0.05, 0.1) is 22.7 Å². The highest BCUT2D eigenvalue weighted by atomic mass is 16.5. The Balaban J connectivity index is 0.000000914. The number of fused-ring (bicyclic) bond motifs is 6. The second-order valence-corrected chi connectivity index (χ2v) is 14.4. The van der Waals surface area contributed by atoms with Crippen LogP contribution in [-0.2, 0) is 0 Å². The number of carbonyl (C=O) groups excluding carboxylic acids is 2. The quantitative estimate of drug-likeness (QED) is 0.165. The number of benzene rings is 8. The lowest BCUT2D eigenvalue weighted by atomic mass is 9.81. The molecule has 2 aliphatic heterocycles. The number of carbonyl (C=O) groups is 2. The number of ether oxygens (including phenoxy) is 2. The van der Waals surface area contributed by atoms with Crippen molar-refractivity contribution in [2.45, 2.75) is 20.8 Å². The molecule has 3 aliphatic rings. The molecule has 0 atom stereocenters. The van der Waals surface area contributed by atoms with E-state index in [-0.39, 0.29) is 11.6 Å². The normalized spacial score (nSPS) is 12.5. The summed E-state index contributed by atoms with van der Waals surface area (Å²) in [6, 6.07) is 59.6. The third kappa shape index (κ3) is 6.84. The van der Waals surface area contributed by atoms with Crippen LogP contribution in [0.3, 0.4) is 0 Å². The van der Waals surface area contributed by atoms with E-state index in [0.29, 0.717) is 22.3 Å². The van der Waals surface area contributed by atoms with Gasteiger partial charge >= 0.3 is 0 Å². The van der Waals surface area contributed by atoms with E-state index in [1.54, 1.807) is 18.2 Å². The van der Waals surface area contributed by atoms with Crippen LogP contribution in [-0.4, -0.2) is 11.6 Å². The Morgan fingerprint density at radius 3 is 0.984 bits per heavy atom. The molecule has 0 saturated carbocycles. The van der Waals surface area contributed by atoms with Crippen LogP contribution in [0.4, 0.5) is 34.1 Å². The molecule has 296 valence electrons. The lowest BCUT2D eigenvalue weighted by molar-refractivity contribution is 0.0979. The molecule has 0 radical (unpaired) electrons. The maximum Gasteiger partial charge on any atom is 0.194 e. The molecular formula is C55H42N2O4. The van der Waals surface area contributed by atoms with Gasteiger partial charge in [-0.1, -0.05) is 105 Å². The number of para-hydroxylation sites is 8. The SMILES string of the molecule is C=CC.CC.O=C1c2ccc(-c3ccc(N4c5ccccc5Oc5ccccc54)cc3)cc2C(=O)c2ccc(-c3ccc(N4c5ccccc5Oc5ccccc54)cc3)cc21. The maximum atomic E-state index is 14.0. The summed E-state index contributed by atoms with van der Waals surface area (Å²) in [5, 5.41) is 0. The van der Waals surface area contributed by atoms with E-state index in [1.807, 2.05) is 142 Å². The lowest BCUT2D eigenvalue weighted by Gasteiger charge is -2.32. The van der Waals surface area contributed by atoms with Crippen molar-refractivity contribution in [3.05, 3.63) is 217 Å². The topological polar surface area (TPSA) is 59.1 Å². The summed E-state index contributed by atoms with van der Waals surface area (Å²) in [5.41, 5.74) is 11.1. The summed E-state index contributed by atoms with van der Waals surface area (Å²) in [6.45, 7) is 9.25. The molecule has 0 unspecified atom stereocenters. The van der Waals surface area contributed by atoms with Gasteiger partial charge < -0.3 is 19.3 Å². The Morgan fingerprint density at radius 1 is 0.393 bits per heavy atom. The number of allylic oxidation sites excluding steroid dienone is 1. The molecule has 0 aromatic heterocycles. The highest BCUT2D eigenvalue weighted by Crippen LogP contribution is 2.51. The minimum atomic E-state index is -0.152. The minimum Gasteiger partial charge on any atom is -0.453 e. The van der Waals surface area contributed by atoms with Crippen molar-refractivity contribution in [3.63, 3.8) is 0 Å². The van der Waals surface area contributed by atoms with E-state index in [0.717, 1.165) is 79.4 Å². The van der Waals surface area contributed by atoms with Crippen molar-refractivity contribution in [1.82, 2.24) is 0 Å². The van der Waals surface area contributed by atoms with Gasteiger partial charge in [0.15, 0.2) is 34.6 Å². The van der Waals surface area contributed by atoms with Crippen LogP contribution in [0.5, 0.6) is 23.0 Å². The zero-order chi connectivity index (χ0) is 42.0. The average molecular weight is 795 g/mol. The molecule has 0 amide bonds. The first-order chi connectivity index (χ1) is 30.0. The van der Waals surface area contributed by atoms with Gasteiger partial charge in [0.1, 0.15) is 0 Å². The summed E-state index contributed by atoms with van der Waals surface area (Å²) in [6.07, 6.45) is 1.75. The van der Waals surface area contributed by atoms with Gasteiger partial charge in [0.2, 0.25) is 0 Å². The summed E-state index contributed by atoms with van der Waals surface area (Å²) in [4.78, 5) is 32.4. The van der Waals surface area contributed by atoms with Crippen molar-refractivity contribution in [1.29, 1.82) is 0 Å². The molecule has 0 bridgehead atoms. The number of hydrogen-bond donors (Lipinski definition) is 0. The smallest absolute Gasteiger partial charge is 0.194 e. The van der Waals surface area contributed by atoms with Gasteiger partial charge in [0.25, 0.3) is 0 Å². The molecule has 61 heavy (non-hydrogen) atoms. The van der Waals surface area contributed by atoms with Crippen molar-refractivity contribution in [2.75, 3.05) is 9.80 Å². The predicted molar refractivity (Wildman–Crippen MR) is 247 cm³/mol. The predicted octanol–water partition coefficient (Wildman–Crippen LogP) is 15.2. The fraction of sp³-hybridized carbons (Fsp3) is 0.0545. The number of nitrogens with zero attached hydrogens (tertiary/aromatic N) is 2. The van der Waals surface area contributed by atoms with Gasteiger partial charge in [0, 0.05) is 33.6 Å². The lowest BCUT2D eigenvalue weighted by Crippen LogP contribution is -2.21. The summed E-state index contributed by atoms with van der Waals surface area (Å²) < 4.78 is 12.4. The van der Waals surface area contributed by atoms with Gasteiger partial charge in [-0.3, -0.25) is 9.59 Å². The van der Waals surface area contributed by atoms with E-state index in [2.05, 4.69) is 64.9 Å². The Morgan fingerprint density at radius 2 is 0.672 bits per heavy atom. The Labute approximate surface area is 356 Å². The Hall–Kier alpha value is -7.96. The molecular weight excluding hydrogens is 753 g/mol. The summed E-state index contributed by atoms with van der Waals surface area (Å²) in [7, 11) is 0. The average Bonchev–Trinajstić information content (AvgIpc) is 3.32. The zero-order valence-electron chi connectivity index (χ0n) is 34.1. The van der Waals surface area contributed by atoms with Crippen LogP contribution >= 0.6 is 0 Å². The maximum absolute atomic E-state index is 14.0. The molecule has 0 saturated heterocycles. The third-order valence-electron chi connectivity index (χ3n) is 10.8. The largest absolute Gasteiger partial charge is 0.453 e. The molecule has 11 rings (SSSR count). The van der Waals surface area contributed by atoms with Gasteiger partial charge in [-0.05, 0) is 126 Å². The van der Waals surface area contributed by atoms with E-state index >= 15 is 0 Å². The number of rotatable bonds is 4. The van der Waals surface area contributed by atoms with Crippen LogP contribution < -0.4 is 19.3 Å². The number of anilines is 6. The van der Waals surface area contributed by atoms with E-state index in [1.165, 1.54) is 0 Å². The third-order valence-corrected chi connectivity index (χ3v) is 10.8. The number of ketones is 2. The standard InChI is InChI=1S/C50H30N2O4.C3H6.C2H6/c53-49-38-28-22-34(32-19-25-36(26-20-32)52-43-11-3-7-15-47(43)56-48-16-8-4-12-44(48)52)30-40(38)50(54)37-27-21-33(29-39(37)49)31-17-23-35(24-18-31)51-41-9-1-5-13-45(41)55-46-14-6-2-10-42(46)51;1-3-2;1-2/h1-30H;3H,1H2,2H3;1-2H3. The molecule has 6 nitrogen and oxygen atoms in total. The second kappa shape index (κ2) is 16.4. The first-order valence-corrected chi connectivity index (χ1v) is 20.5. The van der Waals surface area contributed by atoms with E-state index in [4.69, 9.17) is 9.47 Å². The summed E-state index contributed by atoms with van der Waals surface area (Å²) >= 11 is 0. The number of hydrogen-bond acceptors (Lipinski definition) is 6. The first kappa shape index (κ1) is 38.6. The van der Waals surface area contributed by atoms with Crippen LogP contribution in [0.2, 0.25) is 0 Å². The van der Waals surface area contributed by atoms with Crippen LogP contribution in [0.1, 0.15) is 52.6 Å². The molecule has 8 aromatic rings. The first-order valence-electron chi connectivity index (χ1n) is 20.5. The fourth-order valence-corrected chi connectivity index (χ4v) is 8.08. The van der Waals surface area contributed by atoms with Gasteiger partial charge in [-0.2, -0.15) is 0 Å². The molecule has 2 heterocycles. The molecule has 0 N–H and O–H groups in total. The highest BCUT2D eigenvalue weighted by Gasteiger charge is 2.31. The van der Waals surface area contributed by atoms with Crippen molar-refractivity contribution < 1.29 is 19.1 Å². The van der Waals surface area contributed by atoms with Gasteiger partial charge in [-0.15, -0.1) is 6.58 Å². The van der Waals surface area contributed by atoms with Gasteiger partial charge in [-0.25, -0.2) is 0 Å². The zero-order valence-corrected chi connectivity index (χ0v) is 34.1. The molecule has 0 fully saturated rings. The Bertz CT molecular complexity index is 2680. The van der Waals surface area contributed by atoms with Crippen LogP contribution in [0.25, 0.3) is 22.3 Å². The molecule has 6 heteroatoms. The monoisotopic (exact) mass is 794 g/mol. The second-order valence-electron chi connectivity index (χ2n) is 14.4. The van der Waals surface area contributed by atoms with Crippen molar-refractivity contribution in [3.8, 4) is 45.3 Å². The Kier molecular flexibility index (Phi) is 10.3. The van der Waals surface area contributed by atoms with Crippen molar-refractivity contribution in [2.24, 2.45) is 0 Å². The molecule has 8 aromatic carbocycles. The van der Waals surface area contributed by atoms with Crippen LogP contribution in [0, 0.1) is 0 Å².